The lowest BCUT2D eigenvalue weighted by Crippen LogP contribution is -2.45. The lowest BCUT2D eigenvalue weighted by molar-refractivity contribution is -0.145. The minimum atomic E-state index is -0.390. The Morgan fingerprint density at radius 1 is 1.23 bits per heavy atom. The average molecular weight is 495 g/mol. The third-order valence-corrected chi connectivity index (χ3v) is 6.68. The highest BCUT2D eigenvalue weighted by atomic mass is 35.5. The van der Waals surface area contributed by atoms with E-state index in [2.05, 4.69) is 36.7 Å². The molecule has 6 nitrogen and oxygen atoms in total. The van der Waals surface area contributed by atoms with Crippen molar-refractivity contribution in [2.24, 2.45) is 11.7 Å². The van der Waals surface area contributed by atoms with E-state index in [0.717, 1.165) is 36.3 Å². The molecule has 0 saturated carbocycles. The molecule has 1 amide bonds. The van der Waals surface area contributed by atoms with Crippen molar-refractivity contribution >= 4 is 17.5 Å². The fraction of sp³-hybridized carbons (Fsp3) is 0.429. The molecule has 4 rings (SSSR count). The Bertz CT molecular complexity index is 1110. The van der Waals surface area contributed by atoms with Gasteiger partial charge in [0, 0.05) is 36.5 Å². The Hall–Kier alpha value is -2.67. The van der Waals surface area contributed by atoms with E-state index in [1.54, 1.807) is 0 Å². The Morgan fingerprint density at radius 3 is 2.69 bits per heavy atom. The van der Waals surface area contributed by atoms with Crippen molar-refractivity contribution in [3.63, 3.8) is 0 Å². The highest BCUT2D eigenvalue weighted by Gasteiger charge is 2.36. The number of hydrogen-bond donors (Lipinski definition) is 1. The molecule has 1 aliphatic rings. The standard InChI is InChI=1S/C28H35ClN4O2/c1-20(2)26(33(15-8-14-30)28(34)25-13-7-16-35-25)27-31-24(22-11-6-12-23(29)17-22)19-32(27)18-21-9-4-3-5-10-21/h3-6,9-12,17,19-20,25-26H,7-8,13-16,18,30H2,1-2H3/t25-,26+/m0/s1. The third-order valence-electron chi connectivity index (χ3n) is 6.45. The first-order valence-corrected chi connectivity index (χ1v) is 12.8. The smallest absolute Gasteiger partial charge is 0.252 e. The van der Waals surface area contributed by atoms with Gasteiger partial charge in [-0.2, -0.15) is 0 Å². The Kier molecular flexibility index (Phi) is 8.60. The Balaban J connectivity index is 1.79. The molecule has 0 bridgehead atoms. The molecule has 1 saturated heterocycles. The van der Waals surface area contributed by atoms with Gasteiger partial charge in [0.2, 0.25) is 0 Å². The number of ether oxygens (including phenoxy) is 1. The predicted molar refractivity (Wildman–Crippen MR) is 140 cm³/mol. The van der Waals surface area contributed by atoms with Crippen molar-refractivity contribution in [2.75, 3.05) is 19.7 Å². The molecule has 35 heavy (non-hydrogen) atoms. The van der Waals surface area contributed by atoms with Crippen LogP contribution in [0, 0.1) is 5.92 Å². The van der Waals surface area contributed by atoms with E-state index in [0.29, 0.717) is 31.3 Å². The van der Waals surface area contributed by atoms with Gasteiger partial charge in [-0.05, 0) is 49.4 Å². The highest BCUT2D eigenvalue weighted by molar-refractivity contribution is 6.30. The second-order valence-electron chi connectivity index (χ2n) is 9.47. The summed E-state index contributed by atoms with van der Waals surface area (Å²) in [5.41, 5.74) is 8.83. The van der Waals surface area contributed by atoms with Gasteiger partial charge >= 0.3 is 0 Å². The van der Waals surface area contributed by atoms with Gasteiger partial charge in [-0.25, -0.2) is 4.98 Å². The summed E-state index contributed by atoms with van der Waals surface area (Å²) in [6, 6.07) is 17.8. The minimum absolute atomic E-state index is 0.0354. The monoisotopic (exact) mass is 494 g/mol. The van der Waals surface area contributed by atoms with E-state index < -0.39 is 0 Å². The van der Waals surface area contributed by atoms with Crippen molar-refractivity contribution in [3.8, 4) is 11.3 Å². The van der Waals surface area contributed by atoms with Gasteiger partial charge in [-0.15, -0.1) is 0 Å². The van der Waals surface area contributed by atoms with E-state index in [9.17, 15) is 4.79 Å². The van der Waals surface area contributed by atoms with Crippen LogP contribution in [0.2, 0.25) is 5.02 Å². The number of benzene rings is 2. The molecule has 1 fully saturated rings. The molecule has 3 aromatic rings. The van der Waals surface area contributed by atoms with Crippen LogP contribution in [0.3, 0.4) is 0 Å². The topological polar surface area (TPSA) is 73.4 Å². The normalized spacial score (nSPS) is 16.5. The summed E-state index contributed by atoms with van der Waals surface area (Å²) in [7, 11) is 0. The van der Waals surface area contributed by atoms with Crippen molar-refractivity contribution in [3.05, 3.63) is 77.2 Å². The van der Waals surface area contributed by atoms with Crippen molar-refractivity contribution in [1.82, 2.24) is 14.5 Å². The van der Waals surface area contributed by atoms with Gasteiger partial charge in [-0.3, -0.25) is 4.79 Å². The Labute approximate surface area is 213 Å². The van der Waals surface area contributed by atoms with Crippen molar-refractivity contribution < 1.29 is 9.53 Å². The zero-order valence-corrected chi connectivity index (χ0v) is 21.3. The number of carbonyl (C=O) groups excluding carboxylic acids is 1. The maximum Gasteiger partial charge on any atom is 0.252 e. The number of nitrogens with zero attached hydrogens (tertiary/aromatic N) is 3. The van der Waals surface area contributed by atoms with Gasteiger partial charge in [0.1, 0.15) is 11.9 Å². The predicted octanol–water partition coefficient (Wildman–Crippen LogP) is 5.31. The molecule has 7 heteroatoms. The van der Waals surface area contributed by atoms with Crippen molar-refractivity contribution in [2.45, 2.75) is 51.8 Å². The summed E-state index contributed by atoms with van der Waals surface area (Å²) in [6.45, 7) is 6.67. The SMILES string of the molecule is CC(C)[C@H](c1nc(-c2cccc(Cl)c2)cn1Cc1ccccc1)N(CCCN)C(=O)[C@@H]1CCCO1. The largest absolute Gasteiger partial charge is 0.368 e. The molecular formula is C28H35ClN4O2. The van der Waals surface area contributed by atoms with Crippen molar-refractivity contribution in [1.29, 1.82) is 0 Å². The third kappa shape index (κ3) is 6.13. The fourth-order valence-electron chi connectivity index (χ4n) is 4.76. The van der Waals surface area contributed by atoms with E-state index >= 15 is 0 Å². The van der Waals surface area contributed by atoms with Gasteiger partial charge < -0.3 is 19.9 Å². The molecule has 0 spiro atoms. The molecule has 2 heterocycles. The lowest BCUT2D eigenvalue weighted by atomic mass is 9.99. The molecule has 2 N–H and O–H groups in total. The first-order chi connectivity index (χ1) is 17.0. The number of imidazole rings is 1. The molecule has 0 radical (unpaired) electrons. The van der Waals surface area contributed by atoms with Crippen LogP contribution in [0.15, 0.2) is 60.8 Å². The number of aromatic nitrogens is 2. The quantitative estimate of drug-likeness (QED) is 0.414. The van der Waals surface area contributed by atoms with Crippen LogP contribution in [0.4, 0.5) is 0 Å². The fourth-order valence-corrected chi connectivity index (χ4v) is 4.95. The summed E-state index contributed by atoms with van der Waals surface area (Å²) in [4.78, 5) is 20.7. The van der Waals surface area contributed by atoms with E-state index in [1.165, 1.54) is 5.56 Å². The maximum atomic E-state index is 13.7. The first-order valence-electron chi connectivity index (χ1n) is 12.5. The van der Waals surface area contributed by atoms with Crippen LogP contribution in [0.5, 0.6) is 0 Å². The highest BCUT2D eigenvalue weighted by Crippen LogP contribution is 2.33. The summed E-state index contributed by atoms with van der Waals surface area (Å²) < 4.78 is 7.97. The van der Waals surface area contributed by atoms with Gasteiger partial charge in [0.05, 0.1) is 11.7 Å². The van der Waals surface area contributed by atoms with Crippen LogP contribution in [-0.4, -0.2) is 46.2 Å². The molecule has 2 atom stereocenters. The number of rotatable bonds is 10. The van der Waals surface area contributed by atoms with E-state index in [-0.39, 0.29) is 24.0 Å². The number of hydrogen-bond acceptors (Lipinski definition) is 4. The molecule has 2 aromatic carbocycles. The van der Waals surface area contributed by atoms with Crippen LogP contribution in [0.1, 0.15) is 50.5 Å². The second-order valence-corrected chi connectivity index (χ2v) is 9.91. The maximum absolute atomic E-state index is 13.7. The Morgan fingerprint density at radius 2 is 2.03 bits per heavy atom. The minimum Gasteiger partial charge on any atom is -0.368 e. The number of nitrogens with two attached hydrogens (primary N) is 1. The molecule has 0 unspecified atom stereocenters. The lowest BCUT2D eigenvalue weighted by Gasteiger charge is -2.36. The first kappa shape index (κ1) is 25.4. The van der Waals surface area contributed by atoms with Crippen LogP contribution in [-0.2, 0) is 16.1 Å². The van der Waals surface area contributed by atoms with Crippen LogP contribution in [0.25, 0.3) is 11.3 Å². The molecule has 186 valence electrons. The molecule has 1 aliphatic heterocycles. The molecule has 0 aliphatic carbocycles. The van der Waals surface area contributed by atoms with Gasteiger partial charge in [-0.1, -0.05) is 67.9 Å². The second kappa shape index (κ2) is 11.8. The number of carbonyl (C=O) groups is 1. The molecular weight excluding hydrogens is 460 g/mol. The van der Waals surface area contributed by atoms with E-state index in [4.69, 9.17) is 27.1 Å². The van der Waals surface area contributed by atoms with Gasteiger partial charge in [0.25, 0.3) is 5.91 Å². The zero-order chi connectivity index (χ0) is 24.8. The summed E-state index contributed by atoms with van der Waals surface area (Å²) in [5, 5.41) is 0.667. The van der Waals surface area contributed by atoms with Gasteiger partial charge in [0.15, 0.2) is 0 Å². The zero-order valence-electron chi connectivity index (χ0n) is 20.6. The summed E-state index contributed by atoms with van der Waals surface area (Å²) >= 11 is 6.29. The molecule has 1 aromatic heterocycles. The summed E-state index contributed by atoms with van der Waals surface area (Å²) in [5.74, 6) is 1.04. The summed E-state index contributed by atoms with van der Waals surface area (Å²) in [6.07, 6.45) is 4.08. The number of halogens is 1. The average Bonchev–Trinajstić information content (AvgIpc) is 3.53. The van der Waals surface area contributed by atoms with Crippen LogP contribution >= 0.6 is 11.6 Å². The van der Waals surface area contributed by atoms with E-state index in [1.807, 2.05) is 47.4 Å². The number of amides is 1. The van der Waals surface area contributed by atoms with Crippen LogP contribution < -0.4 is 5.73 Å².